The molecule has 0 radical (unpaired) electrons. The number of methoxy groups -OCH3 is 1. The number of ether oxygens (including phenoxy) is 1. The molecule has 3 aromatic rings. The monoisotopic (exact) mass is 428 g/mol. The second-order valence-corrected chi connectivity index (χ2v) is 8.30. The Bertz CT molecular complexity index is 1120. The Morgan fingerprint density at radius 3 is 2.31 bits per heavy atom. The van der Waals surface area contributed by atoms with E-state index in [-0.39, 0.29) is 11.8 Å². The molecule has 0 aromatic heterocycles. The lowest BCUT2D eigenvalue weighted by Crippen LogP contribution is -2.63. The number of nitrogens with zero attached hydrogens (tertiary/aromatic N) is 1. The summed E-state index contributed by atoms with van der Waals surface area (Å²) in [6.45, 7) is 4.31. The van der Waals surface area contributed by atoms with Crippen LogP contribution in [0.15, 0.2) is 72.8 Å². The highest BCUT2D eigenvalue weighted by atomic mass is 16.5. The summed E-state index contributed by atoms with van der Waals surface area (Å²) in [6, 6.07) is 23.0. The van der Waals surface area contributed by atoms with E-state index in [0.717, 1.165) is 29.0 Å². The van der Waals surface area contributed by atoms with E-state index < -0.39 is 5.54 Å². The number of hydrogen-bond donors (Lipinski definition) is 1. The predicted octanol–water partition coefficient (Wildman–Crippen LogP) is 4.54. The van der Waals surface area contributed by atoms with Crippen molar-refractivity contribution in [2.75, 3.05) is 12.0 Å². The molecule has 32 heavy (non-hydrogen) atoms. The molecule has 0 saturated heterocycles. The number of hydrogen-bond acceptors (Lipinski definition) is 3. The van der Waals surface area contributed by atoms with Gasteiger partial charge in [-0.15, -0.1) is 0 Å². The SMILES string of the molecule is CCc1ccc(N2C(=O)c3ccccc3C[C@]2(C)C(=O)NCc2ccc(OC)cc2)cc1. The van der Waals surface area contributed by atoms with Gasteiger partial charge < -0.3 is 10.1 Å². The van der Waals surface area contributed by atoms with Crippen LogP contribution in [0.4, 0.5) is 5.69 Å². The first-order valence-electron chi connectivity index (χ1n) is 10.9. The number of nitrogens with one attached hydrogen (secondary N) is 1. The molecule has 0 saturated carbocycles. The second-order valence-electron chi connectivity index (χ2n) is 8.30. The van der Waals surface area contributed by atoms with Gasteiger partial charge in [-0.05, 0) is 60.4 Å². The van der Waals surface area contributed by atoms with Gasteiger partial charge in [-0.3, -0.25) is 14.5 Å². The van der Waals surface area contributed by atoms with Crippen LogP contribution < -0.4 is 15.0 Å². The summed E-state index contributed by atoms with van der Waals surface area (Å²) in [4.78, 5) is 28.8. The van der Waals surface area contributed by atoms with Gasteiger partial charge in [0.15, 0.2) is 0 Å². The van der Waals surface area contributed by atoms with E-state index in [4.69, 9.17) is 4.74 Å². The molecule has 5 heteroatoms. The summed E-state index contributed by atoms with van der Waals surface area (Å²) in [5.74, 6) is 0.428. The topological polar surface area (TPSA) is 58.6 Å². The van der Waals surface area contributed by atoms with Crippen molar-refractivity contribution >= 4 is 17.5 Å². The van der Waals surface area contributed by atoms with Crippen molar-refractivity contribution in [1.82, 2.24) is 5.32 Å². The molecule has 1 N–H and O–H groups in total. The third kappa shape index (κ3) is 3.98. The lowest BCUT2D eigenvalue weighted by molar-refractivity contribution is -0.126. The van der Waals surface area contributed by atoms with Crippen LogP contribution in [0.1, 0.15) is 40.9 Å². The van der Waals surface area contributed by atoms with E-state index in [9.17, 15) is 9.59 Å². The summed E-state index contributed by atoms with van der Waals surface area (Å²) < 4.78 is 5.20. The van der Waals surface area contributed by atoms with Gasteiger partial charge >= 0.3 is 0 Å². The first kappa shape index (κ1) is 21.6. The van der Waals surface area contributed by atoms with Crippen molar-refractivity contribution < 1.29 is 14.3 Å². The largest absolute Gasteiger partial charge is 0.497 e. The maximum absolute atomic E-state index is 13.6. The third-order valence-electron chi connectivity index (χ3n) is 6.18. The molecule has 4 rings (SSSR count). The number of amides is 2. The standard InChI is InChI=1S/C27H28N2O3/c1-4-19-9-13-22(14-10-19)29-25(30)24-8-6-5-7-21(24)17-27(29,2)26(31)28-18-20-11-15-23(32-3)16-12-20/h5-16H,4,17-18H2,1-3H3,(H,28,31)/t27-/m1/s1. The van der Waals surface area contributed by atoms with Crippen molar-refractivity contribution in [2.24, 2.45) is 0 Å². The fourth-order valence-corrected chi connectivity index (χ4v) is 4.26. The maximum atomic E-state index is 13.6. The summed E-state index contributed by atoms with van der Waals surface area (Å²) in [5, 5.41) is 3.05. The van der Waals surface area contributed by atoms with E-state index in [1.807, 2.05) is 79.7 Å². The Morgan fingerprint density at radius 1 is 1.00 bits per heavy atom. The van der Waals surface area contributed by atoms with Gasteiger partial charge in [0.25, 0.3) is 5.91 Å². The predicted molar refractivity (Wildman–Crippen MR) is 126 cm³/mol. The zero-order valence-electron chi connectivity index (χ0n) is 18.7. The Kier molecular flexibility index (Phi) is 5.99. The van der Waals surface area contributed by atoms with E-state index >= 15 is 0 Å². The van der Waals surface area contributed by atoms with Crippen LogP contribution >= 0.6 is 0 Å². The molecule has 0 aliphatic carbocycles. The lowest BCUT2D eigenvalue weighted by Gasteiger charge is -2.44. The molecule has 2 amide bonds. The van der Waals surface area contributed by atoms with Crippen LogP contribution in [0.25, 0.3) is 0 Å². The molecule has 3 aromatic carbocycles. The Morgan fingerprint density at radius 2 is 1.66 bits per heavy atom. The van der Waals surface area contributed by atoms with Gasteiger partial charge in [-0.25, -0.2) is 0 Å². The van der Waals surface area contributed by atoms with Gasteiger partial charge in [-0.2, -0.15) is 0 Å². The number of carbonyl (C=O) groups is 2. The highest BCUT2D eigenvalue weighted by molar-refractivity contribution is 6.14. The van der Waals surface area contributed by atoms with Crippen LogP contribution in [0.5, 0.6) is 5.75 Å². The zero-order valence-corrected chi connectivity index (χ0v) is 18.7. The maximum Gasteiger partial charge on any atom is 0.259 e. The number of benzene rings is 3. The molecule has 0 fully saturated rings. The molecule has 0 bridgehead atoms. The van der Waals surface area contributed by atoms with Crippen molar-refractivity contribution in [2.45, 2.75) is 38.8 Å². The van der Waals surface area contributed by atoms with E-state index in [1.54, 1.807) is 12.0 Å². The molecule has 1 aliphatic rings. The van der Waals surface area contributed by atoms with E-state index in [1.165, 1.54) is 5.56 Å². The average Bonchev–Trinajstić information content (AvgIpc) is 2.83. The van der Waals surface area contributed by atoms with E-state index in [2.05, 4.69) is 12.2 Å². The van der Waals surface area contributed by atoms with Crippen LogP contribution in [-0.4, -0.2) is 24.5 Å². The fourth-order valence-electron chi connectivity index (χ4n) is 4.26. The second kappa shape index (κ2) is 8.87. The summed E-state index contributed by atoms with van der Waals surface area (Å²) in [6.07, 6.45) is 1.36. The first-order chi connectivity index (χ1) is 15.5. The van der Waals surface area contributed by atoms with Crippen LogP contribution in [-0.2, 0) is 24.2 Å². The van der Waals surface area contributed by atoms with Gasteiger partial charge in [0.05, 0.1) is 7.11 Å². The van der Waals surface area contributed by atoms with Gasteiger partial charge in [0, 0.05) is 24.2 Å². The Labute approximate surface area is 189 Å². The molecule has 5 nitrogen and oxygen atoms in total. The minimum absolute atomic E-state index is 0.154. The highest BCUT2D eigenvalue weighted by Crippen LogP contribution is 2.35. The first-order valence-corrected chi connectivity index (χ1v) is 10.9. The number of fused-ring (bicyclic) bond motifs is 1. The van der Waals surface area contributed by atoms with Gasteiger partial charge in [0.2, 0.25) is 5.91 Å². The molecule has 1 aliphatic heterocycles. The highest BCUT2D eigenvalue weighted by Gasteiger charge is 2.47. The quantitative estimate of drug-likeness (QED) is 0.627. The molecular formula is C27H28N2O3. The summed E-state index contributed by atoms with van der Waals surface area (Å²) in [7, 11) is 1.62. The Balaban J connectivity index is 1.66. The van der Waals surface area contributed by atoms with Crippen molar-refractivity contribution in [3.05, 3.63) is 95.1 Å². The molecule has 1 heterocycles. The van der Waals surface area contributed by atoms with Crippen LogP contribution in [0, 0.1) is 0 Å². The number of aryl methyl sites for hydroxylation is 1. The van der Waals surface area contributed by atoms with E-state index in [0.29, 0.717) is 18.5 Å². The molecule has 0 unspecified atom stereocenters. The lowest BCUT2D eigenvalue weighted by atomic mass is 9.82. The minimum atomic E-state index is -1.05. The van der Waals surface area contributed by atoms with Crippen LogP contribution in [0.2, 0.25) is 0 Å². The van der Waals surface area contributed by atoms with Crippen molar-refractivity contribution in [3.63, 3.8) is 0 Å². The minimum Gasteiger partial charge on any atom is -0.497 e. The summed E-state index contributed by atoms with van der Waals surface area (Å²) in [5.41, 5.74) is 3.36. The van der Waals surface area contributed by atoms with Crippen molar-refractivity contribution in [3.8, 4) is 5.75 Å². The van der Waals surface area contributed by atoms with Gasteiger partial charge in [0.1, 0.15) is 11.3 Å². The molecular weight excluding hydrogens is 400 g/mol. The van der Waals surface area contributed by atoms with Gasteiger partial charge in [-0.1, -0.05) is 49.4 Å². The molecule has 164 valence electrons. The Hall–Kier alpha value is -3.60. The average molecular weight is 429 g/mol. The molecule has 1 atom stereocenters. The normalized spacial score (nSPS) is 17.6. The number of rotatable bonds is 6. The fraction of sp³-hybridized carbons (Fsp3) is 0.259. The smallest absolute Gasteiger partial charge is 0.259 e. The molecule has 0 spiro atoms. The number of carbonyl (C=O) groups excluding carboxylic acids is 2. The van der Waals surface area contributed by atoms with Crippen LogP contribution in [0.3, 0.4) is 0 Å². The summed E-state index contributed by atoms with van der Waals surface area (Å²) >= 11 is 0. The number of anilines is 1. The third-order valence-corrected chi connectivity index (χ3v) is 6.18. The van der Waals surface area contributed by atoms with Crippen molar-refractivity contribution in [1.29, 1.82) is 0 Å². The zero-order chi connectivity index (χ0) is 22.7.